The van der Waals surface area contributed by atoms with Crippen molar-refractivity contribution in [1.82, 2.24) is 0 Å². The maximum atomic E-state index is 14.0. The summed E-state index contributed by atoms with van der Waals surface area (Å²) in [6.07, 6.45) is 3.83. The molecule has 0 radical (unpaired) electrons. The number of halogens is 2. The SMILES string of the molecule is COc1ccc(N2C(=O)[C@@H]3[C@@H](C2=O)[C@@H]2C=Cc4cc(Cl)ccc4N2[C@@H]3C(=O)c2ccc(Br)cc2)cc1. The lowest BCUT2D eigenvalue weighted by Crippen LogP contribution is -2.48. The van der Waals surface area contributed by atoms with Gasteiger partial charge in [0.25, 0.3) is 0 Å². The van der Waals surface area contributed by atoms with Crippen molar-refractivity contribution in [3.05, 3.63) is 93.4 Å². The largest absolute Gasteiger partial charge is 0.497 e. The molecule has 36 heavy (non-hydrogen) atoms. The number of carbonyl (C=O) groups excluding carboxylic acids is 3. The summed E-state index contributed by atoms with van der Waals surface area (Å²) in [5, 5.41) is 0.574. The zero-order chi connectivity index (χ0) is 25.1. The summed E-state index contributed by atoms with van der Waals surface area (Å²) >= 11 is 9.64. The third-order valence-corrected chi connectivity index (χ3v) is 7.96. The van der Waals surface area contributed by atoms with Crippen LogP contribution in [0.3, 0.4) is 0 Å². The number of rotatable bonds is 4. The maximum Gasteiger partial charge on any atom is 0.240 e. The van der Waals surface area contributed by atoms with Crippen LogP contribution in [0.5, 0.6) is 5.75 Å². The molecule has 3 aliphatic heterocycles. The van der Waals surface area contributed by atoms with Crippen LogP contribution in [-0.4, -0.2) is 36.8 Å². The van der Waals surface area contributed by atoms with Gasteiger partial charge < -0.3 is 9.64 Å². The minimum absolute atomic E-state index is 0.200. The highest BCUT2D eigenvalue weighted by atomic mass is 79.9. The first-order valence-corrected chi connectivity index (χ1v) is 12.6. The van der Waals surface area contributed by atoms with Crippen molar-refractivity contribution in [2.24, 2.45) is 11.8 Å². The quantitative estimate of drug-likeness (QED) is 0.315. The number of ether oxygens (including phenoxy) is 1. The molecule has 0 unspecified atom stereocenters. The lowest BCUT2D eigenvalue weighted by atomic mass is 9.86. The van der Waals surface area contributed by atoms with E-state index in [0.717, 1.165) is 15.7 Å². The number of ketones is 1. The molecule has 3 aromatic carbocycles. The molecule has 6 rings (SSSR count). The van der Waals surface area contributed by atoms with Gasteiger partial charge in [0.1, 0.15) is 11.8 Å². The van der Waals surface area contributed by atoms with E-state index in [-0.39, 0.29) is 17.6 Å². The van der Waals surface area contributed by atoms with Gasteiger partial charge in [-0.1, -0.05) is 51.8 Å². The Kier molecular flexibility index (Phi) is 5.50. The van der Waals surface area contributed by atoms with Crippen molar-refractivity contribution in [1.29, 1.82) is 0 Å². The van der Waals surface area contributed by atoms with Gasteiger partial charge in [-0.15, -0.1) is 0 Å². The van der Waals surface area contributed by atoms with E-state index in [2.05, 4.69) is 15.9 Å². The first kappa shape index (κ1) is 23.0. The van der Waals surface area contributed by atoms with Crippen molar-refractivity contribution in [3.8, 4) is 5.75 Å². The van der Waals surface area contributed by atoms with Crippen LogP contribution in [0.25, 0.3) is 6.08 Å². The fourth-order valence-corrected chi connectivity index (χ4v) is 6.06. The number of Topliss-reactive ketones (excluding diaryl/α,β-unsaturated/α-hetero) is 1. The highest BCUT2D eigenvalue weighted by Gasteiger charge is 2.64. The number of benzene rings is 3. The van der Waals surface area contributed by atoms with Crippen molar-refractivity contribution in [2.75, 3.05) is 16.9 Å². The van der Waals surface area contributed by atoms with E-state index >= 15 is 0 Å². The summed E-state index contributed by atoms with van der Waals surface area (Å²) in [6, 6.07) is 18.0. The van der Waals surface area contributed by atoms with E-state index in [1.54, 1.807) is 61.7 Å². The predicted octanol–water partition coefficient (Wildman–Crippen LogP) is 5.38. The average Bonchev–Trinajstić information content (AvgIpc) is 3.36. The molecule has 3 heterocycles. The third kappa shape index (κ3) is 3.41. The summed E-state index contributed by atoms with van der Waals surface area (Å²) in [5.41, 5.74) is 2.58. The molecular formula is C28H20BrClN2O4. The molecule has 2 amide bonds. The minimum Gasteiger partial charge on any atom is -0.497 e. The fourth-order valence-electron chi connectivity index (χ4n) is 5.61. The Bertz CT molecular complexity index is 1440. The average molecular weight is 564 g/mol. The van der Waals surface area contributed by atoms with Crippen LogP contribution in [0.15, 0.2) is 77.3 Å². The summed E-state index contributed by atoms with van der Waals surface area (Å²) in [6.45, 7) is 0. The molecule has 0 bridgehead atoms. The normalized spacial score (nSPS) is 24.0. The van der Waals surface area contributed by atoms with E-state index in [1.807, 2.05) is 29.2 Å². The van der Waals surface area contributed by atoms with Crippen LogP contribution in [0.1, 0.15) is 15.9 Å². The smallest absolute Gasteiger partial charge is 0.240 e. The van der Waals surface area contributed by atoms with Gasteiger partial charge in [0.2, 0.25) is 11.8 Å². The number of amides is 2. The van der Waals surface area contributed by atoms with Crippen LogP contribution in [0, 0.1) is 11.8 Å². The second kappa shape index (κ2) is 8.61. The molecule has 0 saturated carbocycles. The molecule has 2 saturated heterocycles. The highest BCUT2D eigenvalue weighted by Crippen LogP contribution is 2.50. The van der Waals surface area contributed by atoms with Crippen LogP contribution < -0.4 is 14.5 Å². The number of nitrogens with zero attached hydrogens (tertiary/aromatic N) is 2. The third-order valence-electron chi connectivity index (χ3n) is 7.20. The number of hydrogen-bond donors (Lipinski definition) is 0. The van der Waals surface area contributed by atoms with E-state index in [9.17, 15) is 14.4 Å². The molecule has 0 N–H and O–H groups in total. The summed E-state index contributed by atoms with van der Waals surface area (Å²) in [7, 11) is 1.55. The van der Waals surface area contributed by atoms with Crippen molar-refractivity contribution < 1.29 is 19.1 Å². The Morgan fingerprint density at radius 3 is 2.33 bits per heavy atom. The molecule has 3 aromatic rings. The Labute approximate surface area is 221 Å². The van der Waals surface area contributed by atoms with Gasteiger partial charge in [0.05, 0.1) is 30.7 Å². The van der Waals surface area contributed by atoms with Crippen molar-refractivity contribution in [2.45, 2.75) is 12.1 Å². The molecule has 3 aliphatic rings. The summed E-state index contributed by atoms with van der Waals surface area (Å²) in [4.78, 5) is 44.9. The fraction of sp³-hybridized carbons (Fsp3) is 0.179. The Hall–Kier alpha value is -3.42. The van der Waals surface area contributed by atoms with Gasteiger partial charge in [-0.05, 0) is 60.2 Å². The number of methoxy groups -OCH3 is 1. The summed E-state index contributed by atoms with van der Waals surface area (Å²) < 4.78 is 6.06. The molecule has 4 atom stereocenters. The molecule has 180 valence electrons. The van der Waals surface area contributed by atoms with Gasteiger partial charge in [-0.25, -0.2) is 4.90 Å². The van der Waals surface area contributed by atoms with Crippen molar-refractivity contribution in [3.63, 3.8) is 0 Å². The van der Waals surface area contributed by atoms with Gasteiger partial charge in [-0.2, -0.15) is 0 Å². The standard InChI is InChI=1S/C28H20BrClN2O4/c1-36-20-10-8-19(9-11-20)31-27(34)23-22-12-4-16-14-18(30)7-13-21(16)32(22)25(24(23)28(31)35)26(33)15-2-5-17(29)6-3-15/h2-14,22-25H,1H3/t22-,23-,24+,25-/m0/s1. The number of fused-ring (bicyclic) bond motifs is 5. The van der Waals surface area contributed by atoms with Crippen LogP contribution in [-0.2, 0) is 9.59 Å². The Morgan fingerprint density at radius 2 is 1.64 bits per heavy atom. The van der Waals surface area contributed by atoms with Gasteiger partial charge in [0, 0.05) is 20.7 Å². The van der Waals surface area contributed by atoms with Crippen LogP contribution in [0.4, 0.5) is 11.4 Å². The monoisotopic (exact) mass is 562 g/mol. The molecule has 8 heteroatoms. The topological polar surface area (TPSA) is 66.9 Å². The van der Waals surface area contributed by atoms with Gasteiger partial charge in [0.15, 0.2) is 5.78 Å². The van der Waals surface area contributed by atoms with E-state index in [4.69, 9.17) is 16.3 Å². The van der Waals surface area contributed by atoms with E-state index in [0.29, 0.717) is 22.0 Å². The van der Waals surface area contributed by atoms with Crippen LogP contribution in [0.2, 0.25) is 5.02 Å². The predicted molar refractivity (Wildman–Crippen MR) is 141 cm³/mol. The van der Waals surface area contributed by atoms with E-state index < -0.39 is 23.9 Å². The number of anilines is 2. The molecule has 6 nitrogen and oxygen atoms in total. The second-order valence-corrected chi connectivity index (χ2v) is 10.4. The molecule has 0 spiro atoms. The van der Waals surface area contributed by atoms with Gasteiger partial charge in [-0.3, -0.25) is 14.4 Å². The minimum atomic E-state index is -0.842. The van der Waals surface area contributed by atoms with Crippen molar-refractivity contribution >= 4 is 62.6 Å². The maximum absolute atomic E-state index is 14.0. The highest BCUT2D eigenvalue weighted by molar-refractivity contribution is 9.10. The lowest BCUT2D eigenvalue weighted by Gasteiger charge is -2.36. The van der Waals surface area contributed by atoms with Crippen LogP contribution >= 0.6 is 27.5 Å². The number of carbonyl (C=O) groups is 3. The number of hydrogen-bond acceptors (Lipinski definition) is 5. The first-order valence-electron chi connectivity index (χ1n) is 11.5. The molecule has 0 aliphatic carbocycles. The Morgan fingerprint density at radius 1 is 0.944 bits per heavy atom. The second-order valence-electron chi connectivity index (χ2n) is 9.04. The zero-order valence-electron chi connectivity index (χ0n) is 19.1. The lowest BCUT2D eigenvalue weighted by molar-refractivity contribution is -0.122. The summed E-state index contributed by atoms with van der Waals surface area (Å²) in [5.74, 6) is -1.77. The molecule has 2 fully saturated rings. The zero-order valence-corrected chi connectivity index (χ0v) is 21.4. The Balaban J connectivity index is 1.47. The van der Waals surface area contributed by atoms with Gasteiger partial charge >= 0.3 is 0 Å². The molecular weight excluding hydrogens is 544 g/mol. The van der Waals surface area contributed by atoms with E-state index in [1.165, 1.54) is 4.90 Å². The number of imide groups is 1. The first-order chi connectivity index (χ1) is 17.4. The molecule has 0 aromatic heterocycles.